The third kappa shape index (κ3) is 4.43. The molecule has 144 valence electrons. The van der Waals surface area contributed by atoms with Crippen LogP contribution in [0.1, 0.15) is 24.8 Å². The molecular formula is C21H24N6O. The summed E-state index contributed by atoms with van der Waals surface area (Å²) in [4.78, 5) is 13.9. The Labute approximate surface area is 163 Å². The number of nitrogens with one attached hydrogen (secondary N) is 1. The van der Waals surface area contributed by atoms with Crippen molar-refractivity contribution in [1.29, 1.82) is 0 Å². The zero-order chi connectivity index (χ0) is 19.3. The van der Waals surface area contributed by atoms with Crippen molar-refractivity contribution in [3.05, 3.63) is 60.2 Å². The van der Waals surface area contributed by atoms with Crippen LogP contribution in [0.5, 0.6) is 0 Å². The minimum atomic E-state index is 0.0341. The van der Waals surface area contributed by atoms with Gasteiger partial charge in [-0.1, -0.05) is 42.5 Å². The van der Waals surface area contributed by atoms with Gasteiger partial charge in [-0.3, -0.25) is 4.79 Å². The zero-order valence-electron chi connectivity index (χ0n) is 15.7. The first-order chi connectivity index (χ1) is 13.7. The SMILES string of the molecule is NC1CCC(C(=O)Nc2ccc(CCn3nnc(-c4ccccc4)n3)cc2)C1. The number of hydrogen-bond donors (Lipinski definition) is 2. The number of nitrogens with two attached hydrogens (primary N) is 1. The van der Waals surface area contributed by atoms with Gasteiger partial charge in [0.2, 0.25) is 11.7 Å². The normalized spacial score (nSPS) is 18.9. The predicted molar refractivity (Wildman–Crippen MR) is 107 cm³/mol. The van der Waals surface area contributed by atoms with Crippen LogP contribution in [0.4, 0.5) is 5.69 Å². The van der Waals surface area contributed by atoms with Gasteiger partial charge in [0.15, 0.2) is 0 Å². The Hall–Kier alpha value is -3.06. The highest BCUT2D eigenvalue weighted by molar-refractivity contribution is 5.92. The Morgan fingerprint density at radius 3 is 2.61 bits per heavy atom. The maximum absolute atomic E-state index is 12.3. The van der Waals surface area contributed by atoms with E-state index in [0.717, 1.165) is 42.5 Å². The summed E-state index contributed by atoms with van der Waals surface area (Å²) >= 11 is 0. The lowest BCUT2D eigenvalue weighted by Crippen LogP contribution is -2.23. The maximum Gasteiger partial charge on any atom is 0.227 e. The van der Waals surface area contributed by atoms with Gasteiger partial charge in [0, 0.05) is 23.2 Å². The van der Waals surface area contributed by atoms with E-state index in [1.807, 2.05) is 54.6 Å². The van der Waals surface area contributed by atoms with Crippen molar-refractivity contribution in [1.82, 2.24) is 20.2 Å². The summed E-state index contributed by atoms with van der Waals surface area (Å²) in [6, 6.07) is 17.9. The van der Waals surface area contributed by atoms with Crippen LogP contribution in [0, 0.1) is 5.92 Å². The van der Waals surface area contributed by atoms with Crippen molar-refractivity contribution in [2.45, 2.75) is 38.3 Å². The topological polar surface area (TPSA) is 98.7 Å². The second-order valence-electron chi connectivity index (χ2n) is 7.28. The molecule has 1 saturated carbocycles. The molecular weight excluding hydrogens is 352 g/mol. The number of carbonyl (C=O) groups is 1. The molecule has 2 aromatic carbocycles. The molecule has 4 rings (SSSR count). The molecule has 0 aliphatic heterocycles. The molecule has 3 N–H and O–H groups in total. The number of hydrogen-bond acceptors (Lipinski definition) is 5. The van der Waals surface area contributed by atoms with E-state index in [9.17, 15) is 4.79 Å². The molecule has 0 saturated heterocycles. The molecule has 2 atom stereocenters. The van der Waals surface area contributed by atoms with Crippen molar-refractivity contribution in [2.24, 2.45) is 11.7 Å². The van der Waals surface area contributed by atoms with E-state index in [0.29, 0.717) is 12.4 Å². The molecule has 1 aromatic heterocycles. The number of tetrazole rings is 1. The first kappa shape index (κ1) is 18.3. The minimum Gasteiger partial charge on any atom is -0.328 e. The number of amides is 1. The lowest BCUT2D eigenvalue weighted by molar-refractivity contribution is -0.119. The maximum atomic E-state index is 12.3. The summed E-state index contributed by atoms with van der Waals surface area (Å²) in [5.41, 5.74) is 8.82. The fraction of sp³-hybridized carbons (Fsp3) is 0.333. The molecule has 3 aromatic rings. The first-order valence-electron chi connectivity index (χ1n) is 9.66. The number of anilines is 1. The van der Waals surface area contributed by atoms with Gasteiger partial charge < -0.3 is 11.1 Å². The Kier molecular flexibility index (Phi) is 5.43. The van der Waals surface area contributed by atoms with Gasteiger partial charge >= 0.3 is 0 Å². The fourth-order valence-corrected chi connectivity index (χ4v) is 3.52. The average Bonchev–Trinajstić information content (AvgIpc) is 3.37. The van der Waals surface area contributed by atoms with E-state index in [1.54, 1.807) is 4.80 Å². The smallest absolute Gasteiger partial charge is 0.227 e. The Balaban J connectivity index is 1.30. The first-order valence-corrected chi connectivity index (χ1v) is 9.66. The van der Waals surface area contributed by atoms with Crippen molar-refractivity contribution in [3.8, 4) is 11.4 Å². The molecule has 1 aliphatic rings. The summed E-state index contributed by atoms with van der Waals surface area (Å²) in [5.74, 6) is 0.734. The third-order valence-corrected chi connectivity index (χ3v) is 5.15. The van der Waals surface area contributed by atoms with Crippen molar-refractivity contribution in [3.63, 3.8) is 0 Å². The lowest BCUT2D eigenvalue weighted by atomic mass is 10.1. The largest absolute Gasteiger partial charge is 0.328 e. The summed E-state index contributed by atoms with van der Waals surface area (Å²) in [6.07, 6.45) is 3.37. The molecule has 1 fully saturated rings. The van der Waals surface area contributed by atoms with Crippen LogP contribution in [0.2, 0.25) is 0 Å². The van der Waals surface area contributed by atoms with Crippen LogP contribution in [0.25, 0.3) is 11.4 Å². The number of nitrogens with zero attached hydrogens (tertiary/aromatic N) is 4. The van der Waals surface area contributed by atoms with Gasteiger partial charge in [-0.25, -0.2) is 0 Å². The van der Waals surface area contributed by atoms with Crippen molar-refractivity contribution in [2.75, 3.05) is 5.32 Å². The summed E-state index contributed by atoms with van der Waals surface area (Å²) < 4.78 is 0. The molecule has 0 bridgehead atoms. The van der Waals surface area contributed by atoms with Gasteiger partial charge in [0.05, 0.1) is 6.54 Å². The van der Waals surface area contributed by atoms with E-state index >= 15 is 0 Å². The van der Waals surface area contributed by atoms with Crippen LogP contribution in [-0.2, 0) is 17.8 Å². The second kappa shape index (κ2) is 8.31. The van der Waals surface area contributed by atoms with E-state index in [1.165, 1.54) is 0 Å². The van der Waals surface area contributed by atoms with E-state index in [-0.39, 0.29) is 17.9 Å². The van der Waals surface area contributed by atoms with Crippen molar-refractivity contribution < 1.29 is 4.79 Å². The molecule has 28 heavy (non-hydrogen) atoms. The highest BCUT2D eigenvalue weighted by Crippen LogP contribution is 2.25. The predicted octanol–water partition coefficient (Wildman–Crippen LogP) is 2.65. The summed E-state index contributed by atoms with van der Waals surface area (Å²) in [7, 11) is 0. The van der Waals surface area contributed by atoms with E-state index in [2.05, 4.69) is 20.7 Å². The fourth-order valence-electron chi connectivity index (χ4n) is 3.52. The van der Waals surface area contributed by atoms with Crippen LogP contribution in [0.3, 0.4) is 0 Å². The average molecular weight is 376 g/mol. The third-order valence-electron chi connectivity index (χ3n) is 5.15. The number of carbonyl (C=O) groups excluding carboxylic acids is 1. The second-order valence-corrected chi connectivity index (χ2v) is 7.28. The lowest BCUT2D eigenvalue weighted by Gasteiger charge is -2.11. The molecule has 1 heterocycles. The monoisotopic (exact) mass is 376 g/mol. The standard InChI is InChI=1S/C21H24N6O/c22-18-9-8-17(14-18)21(28)23-19-10-6-15(7-11-19)12-13-27-25-20(24-26-27)16-4-2-1-3-5-16/h1-7,10-11,17-18H,8-9,12-14,22H2,(H,23,28). The summed E-state index contributed by atoms with van der Waals surface area (Å²) in [5, 5.41) is 15.7. The quantitative estimate of drug-likeness (QED) is 0.689. The van der Waals surface area contributed by atoms with Gasteiger partial charge in [0.25, 0.3) is 0 Å². The Morgan fingerprint density at radius 2 is 1.89 bits per heavy atom. The number of aryl methyl sites for hydroxylation is 2. The highest BCUT2D eigenvalue weighted by Gasteiger charge is 2.27. The zero-order valence-corrected chi connectivity index (χ0v) is 15.7. The van der Waals surface area contributed by atoms with Gasteiger partial charge in [-0.15, -0.1) is 10.2 Å². The van der Waals surface area contributed by atoms with E-state index in [4.69, 9.17) is 5.73 Å². The molecule has 0 spiro atoms. The van der Waals surface area contributed by atoms with Crippen LogP contribution >= 0.6 is 0 Å². The van der Waals surface area contributed by atoms with Gasteiger partial charge in [-0.2, -0.15) is 4.80 Å². The van der Waals surface area contributed by atoms with Crippen LogP contribution in [-0.4, -0.2) is 32.2 Å². The number of rotatable bonds is 6. The van der Waals surface area contributed by atoms with Crippen LogP contribution < -0.4 is 11.1 Å². The van der Waals surface area contributed by atoms with Gasteiger partial charge in [-0.05, 0) is 48.6 Å². The van der Waals surface area contributed by atoms with Crippen LogP contribution in [0.15, 0.2) is 54.6 Å². The molecule has 0 radical (unpaired) electrons. The molecule has 7 heteroatoms. The number of benzene rings is 2. The molecule has 1 amide bonds. The summed E-state index contributed by atoms with van der Waals surface area (Å²) in [6.45, 7) is 0.644. The molecule has 1 aliphatic carbocycles. The van der Waals surface area contributed by atoms with E-state index < -0.39 is 0 Å². The molecule has 2 unspecified atom stereocenters. The number of aromatic nitrogens is 4. The Bertz CT molecular complexity index is 922. The minimum absolute atomic E-state index is 0.0341. The Morgan fingerprint density at radius 1 is 1.11 bits per heavy atom. The van der Waals surface area contributed by atoms with Gasteiger partial charge in [0.1, 0.15) is 0 Å². The van der Waals surface area contributed by atoms with Crippen molar-refractivity contribution >= 4 is 11.6 Å². The molecule has 7 nitrogen and oxygen atoms in total. The highest BCUT2D eigenvalue weighted by atomic mass is 16.1.